The summed E-state index contributed by atoms with van der Waals surface area (Å²) in [5, 5.41) is 7.10. The number of hydrogen-bond donors (Lipinski definition) is 1. The lowest BCUT2D eigenvalue weighted by Gasteiger charge is -1.94. The molecule has 0 saturated carbocycles. The first-order valence-electron chi connectivity index (χ1n) is 3.66. The van der Waals surface area contributed by atoms with Crippen LogP contribution in [0.5, 0.6) is 0 Å². The number of aromatic nitrogens is 2. The minimum Gasteiger partial charge on any atom is -0.282 e. The predicted octanol–water partition coefficient (Wildman–Crippen LogP) is 1.76. The number of hydrogen-bond acceptors (Lipinski definition) is 1. The van der Waals surface area contributed by atoms with Gasteiger partial charge in [-0.15, -0.1) is 0 Å². The van der Waals surface area contributed by atoms with Crippen molar-refractivity contribution in [1.29, 1.82) is 0 Å². The van der Waals surface area contributed by atoms with Crippen molar-refractivity contribution in [3.8, 4) is 0 Å². The van der Waals surface area contributed by atoms with Crippen LogP contribution < -0.4 is 0 Å². The molecule has 0 saturated heterocycles. The fourth-order valence-electron chi connectivity index (χ4n) is 1.21. The van der Waals surface area contributed by atoms with Gasteiger partial charge in [0.05, 0.1) is 5.69 Å². The largest absolute Gasteiger partial charge is 0.282 e. The lowest BCUT2D eigenvalue weighted by atomic mass is 10.1. The molecular weight excluding hydrogens is 124 g/mol. The molecule has 0 aliphatic heterocycles. The standard InChI is InChI=1S/C8H10N2/c1-2-4-7-6-8(5-3-1)10-9-7/h2,4,6H,1,3,5H2,(H,9,10)/b4-2-. The molecule has 1 aromatic rings. The average molecular weight is 134 g/mol. The molecule has 1 N–H and O–H groups in total. The third-order valence-electron chi connectivity index (χ3n) is 1.76. The monoisotopic (exact) mass is 134 g/mol. The van der Waals surface area contributed by atoms with Crippen LogP contribution in [0.4, 0.5) is 0 Å². The first kappa shape index (κ1) is 5.71. The van der Waals surface area contributed by atoms with Gasteiger partial charge in [-0.3, -0.25) is 5.10 Å². The van der Waals surface area contributed by atoms with Crippen LogP contribution in [0.15, 0.2) is 12.1 Å². The van der Waals surface area contributed by atoms with Gasteiger partial charge in [-0.2, -0.15) is 5.10 Å². The maximum Gasteiger partial charge on any atom is 0.0848 e. The highest BCUT2D eigenvalue weighted by atomic mass is 15.1. The molecule has 2 bridgehead atoms. The summed E-state index contributed by atoms with van der Waals surface area (Å²) in [5.41, 5.74) is 2.33. The maximum absolute atomic E-state index is 4.10. The number of fused-ring (bicyclic) bond motifs is 2. The Morgan fingerprint density at radius 3 is 3.50 bits per heavy atom. The zero-order valence-electron chi connectivity index (χ0n) is 5.80. The number of aromatic amines is 1. The second-order valence-electron chi connectivity index (χ2n) is 2.61. The molecule has 0 spiro atoms. The zero-order valence-corrected chi connectivity index (χ0v) is 5.80. The van der Waals surface area contributed by atoms with Crippen LogP contribution in [0.25, 0.3) is 6.08 Å². The first-order chi connectivity index (χ1) is 4.95. The van der Waals surface area contributed by atoms with Gasteiger partial charge in [-0.1, -0.05) is 6.08 Å². The topological polar surface area (TPSA) is 28.7 Å². The summed E-state index contributed by atoms with van der Waals surface area (Å²) in [7, 11) is 0. The zero-order chi connectivity index (χ0) is 6.81. The molecule has 0 amide bonds. The normalized spacial score (nSPS) is 19.6. The Kier molecular flexibility index (Phi) is 1.31. The van der Waals surface area contributed by atoms with Crippen LogP contribution in [0.2, 0.25) is 0 Å². The van der Waals surface area contributed by atoms with Crippen molar-refractivity contribution in [3.63, 3.8) is 0 Å². The van der Waals surface area contributed by atoms with Crippen LogP contribution in [-0.2, 0) is 6.42 Å². The minimum absolute atomic E-state index is 1.06. The van der Waals surface area contributed by atoms with Gasteiger partial charge in [0.2, 0.25) is 0 Å². The number of H-pyrrole nitrogens is 1. The summed E-state index contributed by atoms with van der Waals surface area (Å²) in [5.74, 6) is 0. The smallest absolute Gasteiger partial charge is 0.0848 e. The van der Waals surface area contributed by atoms with Gasteiger partial charge in [0, 0.05) is 5.69 Å². The summed E-state index contributed by atoms with van der Waals surface area (Å²) in [6.07, 6.45) is 7.80. The van der Waals surface area contributed by atoms with Crippen molar-refractivity contribution < 1.29 is 0 Å². The third kappa shape index (κ3) is 0.967. The van der Waals surface area contributed by atoms with Crippen LogP contribution >= 0.6 is 0 Å². The van der Waals surface area contributed by atoms with E-state index in [1.165, 1.54) is 18.5 Å². The molecule has 1 aliphatic rings. The Balaban J connectivity index is 2.38. The van der Waals surface area contributed by atoms with Gasteiger partial charge in [-0.25, -0.2) is 0 Å². The Morgan fingerprint density at radius 1 is 1.50 bits per heavy atom. The predicted molar refractivity (Wildman–Crippen MR) is 40.6 cm³/mol. The molecule has 0 unspecified atom stereocenters. The Hall–Kier alpha value is -1.05. The van der Waals surface area contributed by atoms with Gasteiger partial charge < -0.3 is 0 Å². The average Bonchev–Trinajstić information content (AvgIpc) is 2.30. The molecule has 1 aliphatic carbocycles. The van der Waals surface area contributed by atoms with Crippen LogP contribution in [0.1, 0.15) is 24.2 Å². The Bertz CT molecular complexity index is 248. The second kappa shape index (κ2) is 2.29. The lowest BCUT2D eigenvalue weighted by molar-refractivity contribution is 0.814. The summed E-state index contributed by atoms with van der Waals surface area (Å²) >= 11 is 0. The molecule has 2 nitrogen and oxygen atoms in total. The minimum atomic E-state index is 1.06. The van der Waals surface area contributed by atoms with E-state index in [-0.39, 0.29) is 0 Å². The van der Waals surface area contributed by atoms with E-state index in [0.717, 1.165) is 12.1 Å². The van der Waals surface area contributed by atoms with Crippen LogP contribution in [0, 0.1) is 0 Å². The van der Waals surface area contributed by atoms with E-state index in [0.29, 0.717) is 0 Å². The molecule has 1 aromatic heterocycles. The molecular formula is C8H10N2. The molecule has 1 heterocycles. The lowest BCUT2D eigenvalue weighted by Crippen LogP contribution is -1.84. The fraction of sp³-hybridized carbons (Fsp3) is 0.375. The van der Waals surface area contributed by atoms with Crippen molar-refractivity contribution in [3.05, 3.63) is 23.5 Å². The Labute approximate surface area is 60.0 Å². The maximum atomic E-state index is 4.10. The van der Waals surface area contributed by atoms with Crippen molar-refractivity contribution in [2.75, 3.05) is 0 Å². The summed E-state index contributed by atoms with van der Waals surface area (Å²) in [6, 6.07) is 2.11. The van der Waals surface area contributed by atoms with Gasteiger partial charge in [-0.05, 0) is 31.4 Å². The van der Waals surface area contributed by atoms with E-state index >= 15 is 0 Å². The quantitative estimate of drug-likeness (QED) is 0.575. The van der Waals surface area contributed by atoms with Crippen LogP contribution in [0.3, 0.4) is 0 Å². The van der Waals surface area contributed by atoms with Crippen molar-refractivity contribution >= 4 is 6.08 Å². The molecule has 2 heteroatoms. The van der Waals surface area contributed by atoms with Gasteiger partial charge in [0.1, 0.15) is 0 Å². The molecule has 10 heavy (non-hydrogen) atoms. The summed E-state index contributed by atoms with van der Waals surface area (Å²) < 4.78 is 0. The van der Waals surface area contributed by atoms with E-state index in [9.17, 15) is 0 Å². The van der Waals surface area contributed by atoms with Crippen molar-refractivity contribution in [1.82, 2.24) is 10.2 Å². The molecule has 0 fully saturated rings. The highest BCUT2D eigenvalue weighted by Gasteiger charge is 1.99. The second-order valence-corrected chi connectivity index (χ2v) is 2.61. The van der Waals surface area contributed by atoms with Gasteiger partial charge >= 0.3 is 0 Å². The van der Waals surface area contributed by atoms with E-state index in [4.69, 9.17) is 0 Å². The molecule has 0 aromatic carbocycles. The molecule has 0 atom stereocenters. The van der Waals surface area contributed by atoms with Gasteiger partial charge in [0.15, 0.2) is 0 Å². The number of allylic oxidation sites excluding steroid dienone is 1. The molecule has 0 radical (unpaired) electrons. The molecule has 2 rings (SSSR count). The van der Waals surface area contributed by atoms with Crippen LogP contribution in [-0.4, -0.2) is 10.2 Å². The first-order valence-corrected chi connectivity index (χ1v) is 3.66. The SMILES string of the molecule is C1=C\c2cc([nH]n2)CCC/1. The van der Waals surface area contributed by atoms with Crippen molar-refractivity contribution in [2.45, 2.75) is 19.3 Å². The number of aryl methyl sites for hydroxylation is 1. The number of nitrogens with one attached hydrogen (secondary N) is 1. The van der Waals surface area contributed by atoms with E-state index in [2.05, 4.69) is 28.4 Å². The highest BCUT2D eigenvalue weighted by molar-refractivity contribution is 5.45. The molecule has 52 valence electrons. The number of rotatable bonds is 0. The number of nitrogens with zero attached hydrogens (tertiary/aromatic N) is 1. The van der Waals surface area contributed by atoms with E-state index in [1.54, 1.807) is 0 Å². The highest BCUT2D eigenvalue weighted by Crippen LogP contribution is 2.10. The summed E-state index contributed by atoms with van der Waals surface area (Å²) in [4.78, 5) is 0. The third-order valence-corrected chi connectivity index (χ3v) is 1.76. The van der Waals surface area contributed by atoms with Crippen molar-refractivity contribution in [2.24, 2.45) is 0 Å². The Morgan fingerprint density at radius 2 is 2.50 bits per heavy atom. The summed E-state index contributed by atoms with van der Waals surface area (Å²) in [6.45, 7) is 0. The van der Waals surface area contributed by atoms with Gasteiger partial charge in [0.25, 0.3) is 0 Å². The van der Waals surface area contributed by atoms with E-state index in [1.807, 2.05) is 0 Å². The van der Waals surface area contributed by atoms with E-state index < -0.39 is 0 Å². The fourth-order valence-corrected chi connectivity index (χ4v) is 1.21.